The summed E-state index contributed by atoms with van der Waals surface area (Å²) in [4.78, 5) is 28.2. The number of carbonyl (C=O) groups excluding carboxylic acids is 2. The highest BCUT2D eigenvalue weighted by Gasteiger charge is 2.41. The Kier molecular flexibility index (Phi) is 7.06. The van der Waals surface area contributed by atoms with Crippen molar-refractivity contribution >= 4 is 46.6 Å². The molecule has 4 rings (SSSR count). The summed E-state index contributed by atoms with van der Waals surface area (Å²) in [7, 11) is 0. The number of nitriles is 1. The van der Waals surface area contributed by atoms with Crippen molar-refractivity contribution in [1.82, 2.24) is 0 Å². The average Bonchev–Trinajstić information content (AvgIpc) is 3.13. The summed E-state index contributed by atoms with van der Waals surface area (Å²) < 4.78 is 0. The van der Waals surface area contributed by atoms with E-state index >= 15 is 0 Å². The molecule has 1 saturated heterocycles. The smallest absolute Gasteiger partial charge is 0.269 e. The molecule has 1 atom stereocenters. The molecule has 1 N–H and O–H groups in total. The van der Waals surface area contributed by atoms with Gasteiger partial charge in [0.25, 0.3) is 5.91 Å². The molecule has 0 saturated carbocycles. The number of para-hydroxylation sites is 2. The van der Waals surface area contributed by atoms with Gasteiger partial charge in [-0.3, -0.25) is 14.5 Å². The van der Waals surface area contributed by atoms with Crippen molar-refractivity contribution in [2.75, 3.05) is 10.2 Å². The van der Waals surface area contributed by atoms with Gasteiger partial charge < -0.3 is 5.32 Å². The molecular formula is C27H22ClN3O2S. The Hall–Kier alpha value is -3.53. The standard InChI is InChI=1S/C27H22ClN3O2S/c1-17-12-13-19(14-22(17)28)15-24-26(33)31(23-11-7-6-8-18(23)2)27(34-24)21(16-29)25(32)30-20-9-4-3-5-10-20/h3-14,24H,15H2,1-2H3,(H,30,32)/b27-21+/t24-/m1/s1. The van der Waals surface area contributed by atoms with Gasteiger partial charge in [-0.2, -0.15) is 5.26 Å². The van der Waals surface area contributed by atoms with E-state index in [1.165, 1.54) is 16.7 Å². The first kappa shape index (κ1) is 23.6. The first-order valence-corrected chi connectivity index (χ1v) is 12.0. The summed E-state index contributed by atoms with van der Waals surface area (Å²) in [6.07, 6.45) is 0.425. The minimum atomic E-state index is -0.554. The van der Waals surface area contributed by atoms with E-state index in [0.29, 0.717) is 27.8 Å². The van der Waals surface area contributed by atoms with Crippen LogP contribution in [-0.4, -0.2) is 17.1 Å². The van der Waals surface area contributed by atoms with E-state index in [4.69, 9.17) is 11.6 Å². The van der Waals surface area contributed by atoms with E-state index in [1.54, 1.807) is 24.3 Å². The van der Waals surface area contributed by atoms with E-state index in [2.05, 4.69) is 5.32 Å². The van der Waals surface area contributed by atoms with Crippen LogP contribution in [0, 0.1) is 25.2 Å². The van der Waals surface area contributed by atoms with Crippen LogP contribution in [0.15, 0.2) is 83.4 Å². The van der Waals surface area contributed by atoms with Gasteiger partial charge in [-0.25, -0.2) is 0 Å². The molecule has 0 radical (unpaired) electrons. The lowest BCUT2D eigenvalue weighted by molar-refractivity contribution is -0.117. The van der Waals surface area contributed by atoms with Crippen molar-refractivity contribution in [1.29, 1.82) is 5.26 Å². The monoisotopic (exact) mass is 487 g/mol. The first-order valence-electron chi connectivity index (χ1n) is 10.7. The maximum absolute atomic E-state index is 13.6. The SMILES string of the molecule is Cc1ccc(C[C@H]2S/C(=C(\C#N)C(=O)Nc3ccccc3)N(c3ccccc3C)C2=O)cc1Cl. The van der Waals surface area contributed by atoms with Crippen LogP contribution >= 0.6 is 23.4 Å². The van der Waals surface area contributed by atoms with Crippen LogP contribution in [0.25, 0.3) is 0 Å². The van der Waals surface area contributed by atoms with Crippen LogP contribution in [0.2, 0.25) is 5.02 Å². The van der Waals surface area contributed by atoms with E-state index < -0.39 is 11.2 Å². The van der Waals surface area contributed by atoms with Gasteiger partial charge in [-0.1, -0.05) is 71.9 Å². The number of amides is 2. The Morgan fingerprint density at radius 1 is 1.06 bits per heavy atom. The number of hydrogen-bond donors (Lipinski definition) is 1. The van der Waals surface area contributed by atoms with Crippen LogP contribution < -0.4 is 10.2 Å². The number of halogens is 1. The maximum Gasteiger partial charge on any atom is 0.269 e. The minimum Gasteiger partial charge on any atom is -0.321 e. The Balaban J connectivity index is 1.75. The van der Waals surface area contributed by atoms with Gasteiger partial charge in [0.05, 0.1) is 10.9 Å². The average molecular weight is 488 g/mol. The Morgan fingerprint density at radius 3 is 2.44 bits per heavy atom. The molecule has 7 heteroatoms. The summed E-state index contributed by atoms with van der Waals surface area (Å²) in [5.41, 5.74) is 3.87. The highest BCUT2D eigenvalue weighted by Crippen LogP contribution is 2.43. The third-order valence-electron chi connectivity index (χ3n) is 5.55. The van der Waals surface area contributed by atoms with E-state index in [1.807, 2.05) is 68.4 Å². The van der Waals surface area contributed by atoms with Crippen LogP contribution in [0.3, 0.4) is 0 Å². The number of nitrogens with one attached hydrogen (secondary N) is 1. The number of aryl methyl sites for hydroxylation is 2. The zero-order valence-electron chi connectivity index (χ0n) is 18.7. The third-order valence-corrected chi connectivity index (χ3v) is 7.22. The molecule has 0 aromatic heterocycles. The van der Waals surface area contributed by atoms with Gasteiger partial charge in [-0.15, -0.1) is 0 Å². The topological polar surface area (TPSA) is 73.2 Å². The van der Waals surface area contributed by atoms with E-state index in [-0.39, 0.29) is 11.5 Å². The quantitative estimate of drug-likeness (QED) is 0.352. The number of carbonyl (C=O) groups is 2. The van der Waals surface area contributed by atoms with Crippen molar-refractivity contribution in [3.63, 3.8) is 0 Å². The summed E-state index contributed by atoms with van der Waals surface area (Å²) in [5.74, 6) is -0.729. The molecule has 34 heavy (non-hydrogen) atoms. The fourth-order valence-electron chi connectivity index (χ4n) is 3.71. The predicted octanol–water partition coefficient (Wildman–Crippen LogP) is 6.02. The molecular weight excluding hydrogens is 466 g/mol. The Labute approximate surface area is 208 Å². The number of rotatable bonds is 5. The zero-order chi connectivity index (χ0) is 24.2. The molecule has 1 fully saturated rings. The molecule has 1 aliphatic rings. The fraction of sp³-hybridized carbons (Fsp3) is 0.148. The second-order valence-electron chi connectivity index (χ2n) is 7.97. The van der Waals surface area contributed by atoms with Gasteiger partial charge in [0.2, 0.25) is 5.91 Å². The number of thioether (sulfide) groups is 1. The number of benzene rings is 3. The van der Waals surface area contributed by atoms with E-state index in [0.717, 1.165) is 16.7 Å². The van der Waals surface area contributed by atoms with Crippen LogP contribution in [0.1, 0.15) is 16.7 Å². The molecule has 5 nitrogen and oxygen atoms in total. The molecule has 0 aliphatic carbocycles. The highest BCUT2D eigenvalue weighted by atomic mass is 35.5. The van der Waals surface area contributed by atoms with Gasteiger partial charge in [-0.05, 0) is 61.2 Å². The Morgan fingerprint density at radius 2 is 1.76 bits per heavy atom. The minimum absolute atomic E-state index is 0.102. The lowest BCUT2D eigenvalue weighted by Gasteiger charge is -2.20. The highest BCUT2D eigenvalue weighted by molar-refractivity contribution is 8.05. The number of anilines is 2. The molecule has 3 aromatic rings. The second kappa shape index (κ2) is 10.2. The normalized spacial score (nSPS) is 16.8. The van der Waals surface area contributed by atoms with Crippen molar-refractivity contribution in [3.05, 3.63) is 105 Å². The van der Waals surface area contributed by atoms with Crippen LogP contribution in [0.4, 0.5) is 11.4 Å². The molecule has 0 spiro atoms. The summed E-state index contributed by atoms with van der Waals surface area (Å²) in [6.45, 7) is 3.82. The van der Waals surface area contributed by atoms with Gasteiger partial charge in [0.1, 0.15) is 16.7 Å². The molecule has 0 bridgehead atoms. The van der Waals surface area contributed by atoms with Gasteiger partial charge in [0.15, 0.2) is 0 Å². The number of hydrogen-bond acceptors (Lipinski definition) is 4. The van der Waals surface area contributed by atoms with Crippen molar-refractivity contribution in [2.45, 2.75) is 25.5 Å². The lowest BCUT2D eigenvalue weighted by Crippen LogP contribution is -2.31. The molecule has 2 amide bonds. The zero-order valence-corrected chi connectivity index (χ0v) is 20.3. The van der Waals surface area contributed by atoms with Crippen LogP contribution in [-0.2, 0) is 16.0 Å². The summed E-state index contributed by atoms with van der Waals surface area (Å²) in [5, 5.41) is 13.2. The van der Waals surface area contributed by atoms with Crippen molar-refractivity contribution < 1.29 is 9.59 Å². The summed E-state index contributed by atoms with van der Waals surface area (Å²) >= 11 is 7.53. The fourth-order valence-corrected chi connectivity index (χ4v) is 5.22. The molecule has 3 aromatic carbocycles. The first-order chi connectivity index (χ1) is 16.4. The number of nitrogens with zero attached hydrogens (tertiary/aromatic N) is 2. The van der Waals surface area contributed by atoms with E-state index in [9.17, 15) is 14.9 Å². The predicted molar refractivity (Wildman–Crippen MR) is 138 cm³/mol. The largest absolute Gasteiger partial charge is 0.321 e. The third kappa shape index (κ3) is 4.86. The van der Waals surface area contributed by atoms with Crippen molar-refractivity contribution in [3.8, 4) is 6.07 Å². The lowest BCUT2D eigenvalue weighted by atomic mass is 10.1. The molecule has 170 valence electrons. The molecule has 0 unspecified atom stereocenters. The maximum atomic E-state index is 13.6. The molecule has 1 heterocycles. The van der Waals surface area contributed by atoms with Gasteiger partial charge in [0, 0.05) is 10.7 Å². The Bertz CT molecular complexity index is 1330. The second-order valence-corrected chi connectivity index (χ2v) is 9.57. The molecule has 1 aliphatic heterocycles. The summed E-state index contributed by atoms with van der Waals surface area (Å²) in [6, 6.07) is 24.1. The van der Waals surface area contributed by atoms with Gasteiger partial charge >= 0.3 is 0 Å². The van der Waals surface area contributed by atoms with Crippen LogP contribution in [0.5, 0.6) is 0 Å². The van der Waals surface area contributed by atoms with Crippen molar-refractivity contribution in [2.24, 2.45) is 0 Å².